The molecule has 0 radical (unpaired) electrons. The van der Waals surface area contributed by atoms with E-state index < -0.39 is 0 Å². The molecule has 0 unspecified atom stereocenters. The van der Waals surface area contributed by atoms with E-state index in [9.17, 15) is 4.79 Å². The summed E-state index contributed by atoms with van der Waals surface area (Å²) in [6.45, 7) is 2.29. The summed E-state index contributed by atoms with van der Waals surface area (Å²) in [7, 11) is 0. The molecule has 0 aromatic heterocycles. The van der Waals surface area contributed by atoms with Crippen LogP contribution in [0.3, 0.4) is 0 Å². The molecular formula is C37H48OS. The van der Waals surface area contributed by atoms with Crippen molar-refractivity contribution in [3.63, 3.8) is 0 Å². The third kappa shape index (κ3) is 12.9. The van der Waals surface area contributed by atoms with Gasteiger partial charge >= 0.3 is 0 Å². The Morgan fingerprint density at radius 3 is 1.67 bits per heavy atom. The zero-order chi connectivity index (χ0) is 27.4. The van der Waals surface area contributed by atoms with E-state index in [-0.39, 0.29) is 5.78 Å². The fraction of sp³-hybridized carbons (Fsp3) is 0.432. The topological polar surface area (TPSA) is 17.1 Å². The minimum Gasteiger partial charge on any atom is -0.289 e. The quantitative estimate of drug-likeness (QED) is 0.0613. The third-order valence-corrected chi connectivity index (χ3v) is 8.45. The van der Waals surface area contributed by atoms with Gasteiger partial charge in [0.2, 0.25) is 0 Å². The molecule has 0 atom stereocenters. The molecule has 3 rings (SSSR count). The summed E-state index contributed by atoms with van der Waals surface area (Å²) < 4.78 is 0. The second-order valence-electron chi connectivity index (χ2n) is 10.7. The molecule has 0 aliphatic heterocycles. The van der Waals surface area contributed by atoms with Crippen LogP contribution < -0.4 is 0 Å². The Balaban J connectivity index is 1.23. The van der Waals surface area contributed by atoms with E-state index in [2.05, 4.69) is 43.3 Å². The number of hydrogen-bond donors (Lipinski definition) is 0. The van der Waals surface area contributed by atoms with Crippen molar-refractivity contribution in [2.24, 2.45) is 0 Å². The number of hydrogen-bond acceptors (Lipinski definition) is 2. The number of unbranched alkanes of at least 4 members (excludes halogenated alkanes) is 13. The molecule has 0 aliphatic carbocycles. The van der Waals surface area contributed by atoms with Crippen LogP contribution in [0.25, 0.3) is 17.2 Å². The average Bonchev–Trinajstić information content (AvgIpc) is 2.99. The number of rotatable bonds is 20. The van der Waals surface area contributed by atoms with E-state index in [1.807, 2.05) is 60.3 Å². The summed E-state index contributed by atoms with van der Waals surface area (Å²) in [5.41, 5.74) is 4.06. The molecule has 2 heteroatoms. The van der Waals surface area contributed by atoms with Crippen LogP contribution in [0, 0.1) is 0 Å². The van der Waals surface area contributed by atoms with Crippen LogP contribution in [-0.2, 0) is 0 Å². The largest absolute Gasteiger partial charge is 0.289 e. The van der Waals surface area contributed by atoms with Gasteiger partial charge in [0.05, 0.1) is 0 Å². The van der Waals surface area contributed by atoms with Gasteiger partial charge in [0, 0.05) is 10.5 Å². The van der Waals surface area contributed by atoms with Crippen molar-refractivity contribution < 1.29 is 4.79 Å². The maximum atomic E-state index is 12.6. The second kappa shape index (κ2) is 19.5. The fourth-order valence-electron chi connectivity index (χ4n) is 4.89. The first-order chi connectivity index (χ1) is 19.3. The van der Waals surface area contributed by atoms with Crippen molar-refractivity contribution >= 4 is 23.6 Å². The van der Waals surface area contributed by atoms with Crippen LogP contribution in [0.15, 0.2) is 89.8 Å². The van der Waals surface area contributed by atoms with Crippen molar-refractivity contribution in [3.8, 4) is 11.1 Å². The van der Waals surface area contributed by atoms with Gasteiger partial charge in [0.15, 0.2) is 5.78 Å². The molecule has 3 aromatic rings. The molecule has 0 heterocycles. The van der Waals surface area contributed by atoms with Gasteiger partial charge in [-0.25, -0.2) is 0 Å². The molecule has 0 saturated carbocycles. The van der Waals surface area contributed by atoms with E-state index >= 15 is 0 Å². The van der Waals surface area contributed by atoms with Gasteiger partial charge in [0.25, 0.3) is 0 Å². The molecule has 0 N–H and O–H groups in total. The van der Waals surface area contributed by atoms with Crippen molar-refractivity contribution in [2.75, 3.05) is 5.75 Å². The number of benzene rings is 3. The summed E-state index contributed by atoms with van der Waals surface area (Å²) in [6, 6.07) is 26.6. The van der Waals surface area contributed by atoms with E-state index in [4.69, 9.17) is 0 Å². The molecule has 208 valence electrons. The molecule has 0 bridgehead atoms. The van der Waals surface area contributed by atoms with E-state index in [0.29, 0.717) is 5.56 Å². The Morgan fingerprint density at radius 1 is 0.590 bits per heavy atom. The molecule has 39 heavy (non-hydrogen) atoms. The van der Waals surface area contributed by atoms with Crippen LogP contribution in [0.5, 0.6) is 0 Å². The second-order valence-corrected chi connectivity index (χ2v) is 11.8. The maximum absolute atomic E-state index is 12.6. The number of carbonyl (C=O) groups excluding carboxylic acids is 1. The number of carbonyl (C=O) groups is 1. The SMILES string of the molecule is CCCCCCCCCCCCCCCCSc1ccc(/C=C/C(=O)c2ccc(-c3ccccc3)cc2)cc1. The fourth-order valence-corrected chi connectivity index (χ4v) is 5.80. The van der Waals surface area contributed by atoms with Crippen molar-refractivity contribution in [1.82, 2.24) is 0 Å². The van der Waals surface area contributed by atoms with Gasteiger partial charge in [-0.15, -0.1) is 11.8 Å². The van der Waals surface area contributed by atoms with Gasteiger partial charge in [0.1, 0.15) is 0 Å². The lowest BCUT2D eigenvalue weighted by molar-refractivity contribution is 0.104. The molecule has 1 nitrogen and oxygen atoms in total. The Bertz CT molecular complexity index is 1070. The van der Waals surface area contributed by atoms with Crippen LogP contribution in [0.1, 0.15) is 113 Å². The van der Waals surface area contributed by atoms with Gasteiger partial charge < -0.3 is 0 Å². The lowest BCUT2D eigenvalue weighted by Gasteiger charge is -2.04. The molecular weight excluding hydrogens is 492 g/mol. The van der Waals surface area contributed by atoms with Gasteiger partial charge in [-0.1, -0.05) is 163 Å². The Kier molecular flexibility index (Phi) is 15.5. The monoisotopic (exact) mass is 540 g/mol. The molecule has 3 aromatic carbocycles. The predicted octanol–water partition coefficient (Wildman–Crippen LogP) is 11.8. The van der Waals surface area contributed by atoms with Gasteiger partial charge in [-0.05, 0) is 47.1 Å². The molecule has 0 spiro atoms. The first-order valence-corrected chi connectivity index (χ1v) is 16.4. The third-order valence-electron chi connectivity index (χ3n) is 7.35. The van der Waals surface area contributed by atoms with Gasteiger partial charge in [-0.3, -0.25) is 4.79 Å². The average molecular weight is 541 g/mol. The van der Waals surface area contributed by atoms with E-state index in [1.54, 1.807) is 6.08 Å². The maximum Gasteiger partial charge on any atom is 0.185 e. The highest BCUT2D eigenvalue weighted by Gasteiger charge is 2.03. The molecule has 0 fully saturated rings. The highest BCUT2D eigenvalue weighted by atomic mass is 32.2. The number of ketones is 1. The first kappa shape index (κ1) is 31.0. The lowest BCUT2D eigenvalue weighted by atomic mass is 10.0. The summed E-state index contributed by atoms with van der Waals surface area (Å²) in [5.74, 6) is 1.22. The lowest BCUT2D eigenvalue weighted by Crippen LogP contribution is -1.93. The molecule has 0 aliphatic rings. The number of thioether (sulfide) groups is 1. The Hall–Kier alpha value is -2.58. The molecule has 0 amide bonds. The smallest absolute Gasteiger partial charge is 0.185 e. The summed E-state index contributed by atoms with van der Waals surface area (Å²) in [5, 5.41) is 0. The van der Waals surface area contributed by atoms with Gasteiger partial charge in [-0.2, -0.15) is 0 Å². The van der Waals surface area contributed by atoms with Crippen LogP contribution >= 0.6 is 11.8 Å². The van der Waals surface area contributed by atoms with Crippen LogP contribution in [0.4, 0.5) is 0 Å². The minimum atomic E-state index is 0.0332. The van der Waals surface area contributed by atoms with E-state index in [1.165, 1.54) is 101 Å². The Morgan fingerprint density at radius 2 is 1.10 bits per heavy atom. The van der Waals surface area contributed by atoms with Crippen molar-refractivity contribution in [1.29, 1.82) is 0 Å². The first-order valence-electron chi connectivity index (χ1n) is 15.4. The minimum absolute atomic E-state index is 0.0332. The standard InChI is InChI=1S/C37H48OS/c1-2-3-4-5-6-7-8-9-10-11-12-13-14-18-31-39-36-28-21-32(22-29-36)23-30-37(38)35-26-24-34(25-27-35)33-19-16-15-17-20-33/h15-17,19-30H,2-14,18,31H2,1H3/b30-23+. The van der Waals surface area contributed by atoms with Crippen molar-refractivity contribution in [3.05, 3.63) is 96.1 Å². The summed E-state index contributed by atoms with van der Waals surface area (Å²) >= 11 is 1.94. The highest BCUT2D eigenvalue weighted by Crippen LogP contribution is 2.22. The highest BCUT2D eigenvalue weighted by molar-refractivity contribution is 7.99. The van der Waals surface area contributed by atoms with Crippen LogP contribution in [0.2, 0.25) is 0 Å². The van der Waals surface area contributed by atoms with Crippen molar-refractivity contribution in [2.45, 2.75) is 102 Å². The zero-order valence-electron chi connectivity index (χ0n) is 24.1. The van der Waals surface area contributed by atoms with Crippen LogP contribution in [-0.4, -0.2) is 11.5 Å². The predicted molar refractivity (Wildman–Crippen MR) is 173 cm³/mol. The normalized spacial score (nSPS) is 11.3. The zero-order valence-corrected chi connectivity index (χ0v) is 24.9. The number of allylic oxidation sites excluding steroid dienone is 1. The molecule has 0 saturated heterocycles. The Labute approximate surface area is 242 Å². The summed E-state index contributed by atoms with van der Waals surface area (Å²) in [6.07, 6.45) is 23.3. The van der Waals surface area contributed by atoms with E-state index in [0.717, 1.165) is 16.7 Å². The summed E-state index contributed by atoms with van der Waals surface area (Å²) in [4.78, 5) is 13.9.